The normalized spacial score (nSPS) is 10.6. The minimum absolute atomic E-state index is 0.0965. The highest BCUT2D eigenvalue weighted by atomic mass is 79.9. The molecule has 7 nitrogen and oxygen atoms in total. The molecular weight excluding hydrogens is 441 g/mol. The predicted octanol–water partition coefficient (Wildman–Crippen LogP) is 4.35. The van der Waals surface area contributed by atoms with Gasteiger partial charge < -0.3 is 14.8 Å². The van der Waals surface area contributed by atoms with Crippen molar-refractivity contribution in [2.45, 2.75) is 26.6 Å². The molecule has 1 heterocycles. The molecule has 0 bridgehead atoms. The minimum Gasteiger partial charge on any atom is -0.490 e. The van der Waals surface area contributed by atoms with E-state index in [1.807, 2.05) is 19.1 Å². The fourth-order valence-corrected chi connectivity index (χ4v) is 3.25. The Bertz CT molecular complexity index is 979. The van der Waals surface area contributed by atoms with Crippen LogP contribution in [0.25, 0.3) is 0 Å². The Balaban J connectivity index is 1.76. The summed E-state index contributed by atoms with van der Waals surface area (Å²) in [5.41, 5.74) is 1.41. The lowest BCUT2D eigenvalue weighted by molar-refractivity contribution is 0.264. The summed E-state index contributed by atoms with van der Waals surface area (Å²) in [4.78, 5) is 0. The highest BCUT2D eigenvalue weighted by Gasteiger charge is 2.14. The number of nitrogens with one attached hydrogen (secondary N) is 1. The summed E-state index contributed by atoms with van der Waals surface area (Å²) in [5, 5.41) is 14.7. The van der Waals surface area contributed by atoms with Crippen molar-refractivity contribution in [1.29, 1.82) is 0 Å². The maximum atomic E-state index is 13.9. The SMILES string of the molecule is C=CCn1nnnc1NCc1cc(Br)c(OCc2ccccc2F)c(OCC)c1. The average Bonchev–Trinajstić information content (AvgIpc) is 3.15. The third kappa shape index (κ3) is 5.32. The highest BCUT2D eigenvalue weighted by molar-refractivity contribution is 9.10. The van der Waals surface area contributed by atoms with E-state index in [-0.39, 0.29) is 12.4 Å². The van der Waals surface area contributed by atoms with Gasteiger partial charge in [0, 0.05) is 12.1 Å². The second kappa shape index (κ2) is 10.0. The second-order valence-corrected chi connectivity index (χ2v) is 6.90. The zero-order valence-corrected chi connectivity index (χ0v) is 17.5. The van der Waals surface area contributed by atoms with Gasteiger partial charge >= 0.3 is 0 Å². The van der Waals surface area contributed by atoms with E-state index >= 15 is 0 Å². The number of tetrazole rings is 1. The van der Waals surface area contributed by atoms with Crippen LogP contribution in [-0.2, 0) is 19.7 Å². The molecule has 2 aromatic carbocycles. The molecule has 3 aromatic rings. The Kier molecular flexibility index (Phi) is 7.18. The molecule has 1 aromatic heterocycles. The van der Waals surface area contributed by atoms with Crippen LogP contribution >= 0.6 is 15.9 Å². The maximum Gasteiger partial charge on any atom is 0.243 e. The van der Waals surface area contributed by atoms with Gasteiger partial charge in [-0.25, -0.2) is 9.07 Å². The number of anilines is 1. The zero-order chi connectivity index (χ0) is 20.6. The number of nitrogens with zero attached hydrogens (tertiary/aromatic N) is 4. The van der Waals surface area contributed by atoms with E-state index in [0.29, 0.717) is 47.2 Å². The van der Waals surface area contributed by atoms with E-state index in [4.69, 9.17) is 9.47 Å². The summed E-state index contributed by atoms with van der Waals surface area (Å²) in [6, 6.07) is 10.3. The lowest BCUT2D eigenvalue weighted by Crippen LogP contribution is -2.09. The summed E-state index contributed by atoms with van der Waals surface area (Å²) in [6.45, 7) is 7.13. The average molecular weight is 462 g/mol. The predicted molar refractivity (Wildman–Crippen MR) is 111 cm³/mol. The van der Waals surface area contributed by atoms with Crippen LogP contribution in [0.5, 0.6) is 11.5 Å². The van der Waals surface area contributed by atoms with Crippen LogP contribution in [0.15, 0.2) is 53.5 Å². The third-order valence-electron chi connectivity index (χ3n) is 3.98. The standard InChI is InChI=1S/C20H21BrFN5O2/c1-3-9-27-20(24-25-26-27)23-12-14-10-16(21)19(18(11-14)28-4-2)29-13-15-7-5-6-8-17(15)22/h3,5-8,10-11H,1,4,9,12-13H2,2H3,(H,23,24,26). The van der Waals surface area contributed by atoms with Crippen LogP contribution in [0.2, 0.25) is 0 Å². The molecule has 0 aliphatic rings. The third-order valence-corrected chi connectivity index (χ3v) is 4.57. The number of rotatable bonds is 10. The first-order chi connectivity index (χ1) is 14.1. The Hall–Kier alpha value is -2.94. The number of allylic oxidation sites excluding steroid dienone is 1. The molecule has 3 rings (SSSR count). The first kappa shape index (κ1) is 20.8. The fourth-order valence-electron chi connectivity index (χ4n) is 2.65. The topological polar surface area (TPSA) is 74.1 Å². The smallest absolute Gasteiger partial charge is 0.243 e. The zero-order valence-electron chi connectivity index (χ0n) is 15.9. The molecule has 152 valence electrons. The lowest BCUT2D eigenvalue weighted by Gasteiger charge is -2.16. The molecule has 0 saturated carbocycles. The van der Waals surface area contributed by atoms with Crippen molar-refractivity contribution in [3.63, 3.8) is 0 Å². The van der Waals surface area contributed by atoms with Crippen LogP contribution in [0.3, 0.4) is 0 Å². The van der Waals surface area contributed by atoms with E-state index in [1.54, 1.807) is 29.0 Å². The van der Waals surface area contributed by atoms with Gasteiger partial charge in [0.25, 0.3) is 0 Å². The van der Waals surface area contributed by atoms with Gasteiger partial charge in [0.2, 0.25) is 5.95 Å². The summed E-state index contributed by atoms with van der Waals surface area (Å²) < 4.78 is 27.8. The number of aromatic nitrogens is 4. The van der Waals surface area contributed by atoms with Crippen molar-refractivity contribution in [3.05, 3.63) is 70.5 Å². The lowest BCUT2D eigenvalue weighted by atomic mass is 10.2. The Morgan fingerprint density at radius 3 is 2.86 bits per heavy atom. The van der Waals surface area contributed by atoms with E-state index in [2.05, 4.69) is 43.4 Å². The number of benzene rings is 2. The monoisotopic (exact) mass is 461 g/mol. The van der Waals surface area contributed by atoms with Gasteiger partial charge in [0.1, 0.15) is 12.4 Å². The van der Waals surface area contributed by atoms with Crippen molar-refractivity contribution in [2.24, 2.45) is 0 Å². The van der Waals surface area contributed by atoms with E-state index in [1.165, 1.54) is 6.07 Å². The van der Waals surface area contributed by atoms with Gasteiger partial charge in [-0.05, 0) is 57.0 Å². The first-order valence-corrected chi connectivity index (χ1v) is 9.84. The summed E-state index contributed by atoms with van der Waals surface area (Å²) in [7, 11) is 0. The quantitative estimate of drug-likeness (QED) is 0.452. The van der Waals surface area contributed by atoms with Crippen molar-refractivity contribution >= 4 is 21.9 Å². The van der Waals surface area contributed by atoms with Gasteiger partial charge in [-0.1, -0.05) is 29.4 Å². The molecule has 0 saturated heterocycles. The van der Waals surface area contributed by atoms with E-state index in [9.17, 15) is 4.39 Å². The van der Waals surface area contributed by atoms with Crippen LogP contribution in [0.4, 0.5) is 10.3 Å². The van der Waals surface area contributed by atoms with Crippen molar-refractivity contribution in [3.8, 4) is 11.5 Å². The molecule has 0 aliphatic heterocycles. The van der Waals surface area contributed by atoms with Crippen LogP contribution in [0.1, 0.15) is 18.1 Å². The Labute approximate surface area is 176 Å². The van der Waals surface area contributed by atoms with Gasteiger partial charge in [-0.2, -0.15) is 0 Å². The van der Waals surface area contributed by atoms with Gasteiger partial charge in [-0.3, -0.25) is 0 Å². The molecule has 0 spiro atoms. The number of hydrogen-bond acceptors (Lipinski definition) is 6. The molecule has 0 unspecified atom stereocenters. The maximum absolute atomic E-state index is 13.9. The van der Waals surface area contributed by atoms with Gasteiger partial charge in [0.15, 0.2) is 11.5 Å². The first-order valence-electron chi connectivity index (χ1n) is 9.04. The van der Waals surface area contributed by atoms with Crippen LogP contribution in [-0.4, -0.2) is 26.8 Å². The number of ether oxygens (including phenoxy) is 2. The van der Waals surface area contributed by atoms with Crippen LogP contribution in [0, 0.1) is 5.82 Å². The minimum atomic E-state index is -0.306. The summed E-state index contributed by atoms with van der Waals surface area (Å²) in [5.74, 6) is 1.33. The number of halogens is 2. The fraction of sp³-hybridized carbons (Fsp3) is 0.250. The van der Waals surface area contributed by atoms with Crippen molar-refractivity contribution < 1.29 is 13.9 Å². The van der Waals surface area contributed by atoms with Gasteiger partial charge in [-0.15, -0.1) is 6.58 Å². The number of hydrogen-bond donors (Lipinski definition) is 1. The van der Waals surface area contributed by atoms with Crippen LogP contribution < -0.4 is 14.8 Å². The highest BCUT2D eigenvalue weighted by Crippen LogP contribution is 2.37. The molecule has 0 radical (unpaired) electrons. The second-order valence-electron chi connectivity index (χ2n) is 6.04. The largest absolute Gasteiger partial charge is 0.490 e. The summed E-state index contributed by atoms with van der Waals surface area (Å²) >= 11 is 3.53. The van der Waals surface area contributed by atoms with Gasteiger partial charge in [0.05, 0.1) is 17.6 Å². The molecule has 0 atom stereocenters. The van der Waals surface area contributed by atoms with Crippen molar-refractivity contribution in [1.82, 2.24) is 20.2 Å². The molecule has 29 heavy (non-hydrogen) atoms. The Morgan fingerprint density at radius 2 is 2.10 bits per heavy atom. The Morgan fingerprint density at radius 1 is 1.28 bits per heavy atom. The van der Waals surface area contributed by atoms with E-state index < -0.39 is 0 Å². The molecule has 0 aliphatic carbocycles. The molecule has 0 amide bonds. The van der Waals surface area contributed by atoms with E-state index in [0.717, 1.165) is 5.56 Å². The molecular formula is C20H21BrFN5O2. The van der Waals surface area contributed by atoms with Crippen molar-refractivity contribution in [2.75, 3.05) is 11.9 Å². The molecule has 9 heteroatoms. The molecule has 1 N–H and O–H groups in total. The molecule has 0 fully saturated rings. The summed E-state index contributed by atoms with van der Waals surface area (Å²) in [6.07, 6.45) is 1.72.